The summed E-state index contributed by atoms with van der Waals surface area (Å²) in [5.41, 5.74) is 3.77. The summed E-state index contributed by atoms with van der Waals surface area (Å²) in [7, 11) is 2.79. The molecule has 2 aliphatic heterocycles. The van der Waals surface area contributed by atoms with Gasteiger partial charge in [0.25, 0.3) is 0 Å². The Morgan fingerprint density at radius 3 is 3.05 bits per heavy atom. The van der Waals surface area contributed by atoms with Crippen LogP contribution in [0.5, 0.6) is 11.5 Å². The fraction of sp³-hybridized carbons (Fsp3) is 0.333. The van der Waals surface area contributed by atoms with Crippen LogP contribution in [-0.4, -0.2) is 19.2 Å². The summed E-state index contributed by atoms with van der Waals surface area (Å²) in [5.74, 6) is 2.64. The maximum atomic E-state index is 6.18. The van der Waals surface area contributed by atoms with Crippen LogP contribution in [0.3, 0.4) is 0 Å². The van der Waals surface area contributed by atoms with E-state index in [0.717, 1.165) is 18.0 Å². The number of hydrogen-bond donors (Lipinski definition) is 0. The molecule has 2 aromatic rings. The molecule has 0 aliphatic carbocycles. The lowest BCUT2D eigenvalue weighted by molar-refractivity contribution is 0.175. The zero-order valence-corrected chi connectivity index (χ0v) is 13.1. The zero-order chi connectivity index (χ0) is 13.9. The monoisotopic (exact) mass is 307 g/mol. The van der Waals surface area contributed by atoms with E-state index >= 15 is 0 Å². The molecule has 2 aliphatic rings. The second-order valence-corrected chi connectivity index (χ2v) is 6.28. The van der Waals surface area contributed by atoms with Gasteiger partial charge in [-0.05, 0) is 45.0 Å². The topological polar surface area (TPSA) is 21.7 Å². The van der Waals surface area contributed by atoms with Crippen LogP contribution in [0.15, 0.2) is 18.2 Å². The molecular formula is C15H15ClNO2P. The van der Waals surface area contributed by atoms with Crippen LogP contribution < -0.4 is 14.1 Å². The molecular weight excluding hydrogens is 293 g/mol. The number of rotatable bonds is 1. The molecule has 0 bridgehead atoms. The van der Waals surface area contributed by atoms with Gasteiger partial charge in [0.1, 0.15) is 0 Å². The first kappa shape index (κ1) is 12.6. The molecule has 0 fully saturated rings. The van der Waals surface area contributed by atoms with E-state index in [-0.39, 0.29) is 0 Å². The molecule has 0 aromatic heterocycles. The number of nitrogens with zero attached hydrogens (tertiary/aromatic N) is 1. The second kappa shape index (κ2) is 4.41. The Balaban J connectivity index is 2.14. The van der Waals surface area contributed by atoms with Gasteiger partial charge >= 0.3 is 0 Å². The van der Waals surface area contributed by atoms with Gasteiger partial charge in [-0.15, -0.1) is 11.6 Å². The van der Waals surface area contributed by atoms with E-state index in [1.807, 2.05) is 6.07 Å². The van der Waals surface area contributed by atoms with Crippen molar-refractivity contribution in [3.05, 3.63) is 29.3 Å². The van der Waals surface area contributed by atoms with E-state index in [0.29, 0.717) is 18.6 Å². The van der Waals surface area contributed by atoms with Crippen LogP contribution in [0, 0.1) is 6.92 Å². The van der Waals surface area contributed by atoms with E-state index in [2.05, 4.69) is 33.1 Å². The SMILES string of the molecule is Cc1cc2c(c3c4c(ccc13)OCO4)[C@H](CCl)CN2P. The predicted molar refractivity (Wildman–Crippen MR) is 85.3 cm³/mol. The second-order valence-electron chi connectivity index (χ2n) is 5.35. The Labute approximate surface area is 125 Å². The third kappa shape index (κ3) is 1.57. The van der Waals surface area contributed by atoms with Gasteiger partial charge in [-0.25, -0.2) is 0 Å². The Morgan fingerprint density at radius 1 is 1.40 bits per heavy atom. The van der Waals surface area contributed by atoms with E-state index in [9.17, 15) is 0 Å². The highest BCUT2D eigenvalue weighted by Gasteiger charge is 2.32. The predicted octanol–water partition coefficient (Wildman–Crippen LogP) is 3.81. The van der Waals surface area contributed by atoms with Crippen molar-refractivity contribution >= 4 is 37.5 Å². The smallest absolute Gasteiger partial charge is 0.231 e. The number of benzene rings is 2. The molecule has 0 N–H and O–H groups in total. The van der Waals surface area contributed by atoms with Gasteiger partial charge in [-0.1, -0.05) is 6.07 Å². The Morgan fingerprint density at radius 2 is 2.25 bits per heavy atom. The lowest BCUT2D eigenvalue weighted by atomic mass is 9.92. The Bertz CT molecular complexity index is 719. The molecule has 3 nitrogen and oxygen atoms in total. The zero-order valence-electron chi connectivity index (χ0n) is 11.1. The largest absolute Gasteiger partial charge is 0.454 e. The fourth-order valence-electron chi connectivity index (χ4n) is 3.26. The van der Waals surface area contributed by atoms with Gasteiger partial charge in [0.2, 0.25) is 6.79 Å². The molecule has 4 rings (SSSR count). The van der Waals surface area contributed by atoms with Crippen molar-refractivity contribution in [2.75, 3.05) is 23.9 Å². The molecule has 2 heterocycles. The van der Waals surface area contributed by atoms with Crippen LogP contribution in [0.4, 0.5) is 5.69 Å². The molecule has 1 unspecified atom stereocenters. The van der Waals surface area contributed by atoms with Crippen LogP contribution in [-0.2, 0) is 0 Å². The Kier molecular flexibility index (Phi) is 2.77. The summed E-state index contributed by atoms with van der Waals surface area (Å²) >= 11 is 6.18. The van der Waals surface area contributed by atoms with Crippen molar-refractivity contribution < 1.29 is 9.47 Å². The lowest BCUT2D eigenvalue weighted by Gasteiger charge is -2.15. The van der Waals surface area contributed by atoms with Crippen molar-refractivity contribution in [1.82, 2.24) is 0 Å². The molecule has 0 amide bonds. The quantitative estimate of drug-likeness (QED) is 0.591. The lowest BCUT2D eigenvalue weighted by Crippen LogP contribution is -2.09. The average molecular weight is 308 g/mol. The minimum Gasteiger partial charge on any atom is -0.454 e. The van der Waals surface area contributed by atoms with Gasteiger partial charge in [-0.2, -0.15) is 0 Å². The van der Waals surface area contributed by atoms with Crippen LogP contribution in [0.25, 0.3) is 10.8 Å². The molecule has 2 atom stereocenters. The highest BCUT2D eigenvalue weighted by atomic mass is 35.5. The summed E-state index contributed by atoms with van der Waals surface area (Å²) in [6, 6.07) is 6.35. The first-order valence-corrected chi connectivity index (χ1v) is 7.70. The van der Waals surface area contributed by atoms with Gasteiger partial charge in [-0.3, -0.25) is 0 Å². The van der Waals surface area contributed by atoms with E-state index in [4.69, 9.17) is 21.1 Å². The average Bonchev–Trinajstić information content (AvgIpc) is 3.03. The molecule has 0 radical (unpaired) electrons. The molecule has 20 heavy (non-hydrogen) atoms. The molecule has 0 saturated carbocycles. The Hall–Kier alpha value is -1.18. The number of ether oxygens (including phenoxy) is 2. The molecule has 0 spiro atoms. The highest BCUT2D eigenvalue weighted by Crippen LogP contribution is 2.50. The summed E-state index contributed by atoms with van der Waals surface area (Å²) in [5, 5.41) is 2.40. The molecule has 2 aromatic carbocycles. The molecule has 0 saturated heterocycles. The summed E-state index contributed by atoms with van der Waals surface area (Å²) in [6.07, 6.45) is 0. The number of aryl methyl sites for hydroxylation is 1. The number of anilines is 1. The fourth-order valence-corrected chi connectivity index (χ4v) is 3.98. The van der Waals surface area contributed by atoms with Crippen LogP contribution in [0.2, 0.25) is 0 Å². The van der Waals surface area contributed by atoms with Gasteiger partial charge in [0, 0.05) is 29.4 Å². The summed E-state index contributed by atoms with van der Waals surface area (Å²) in [6.45, 7) is 3.36. The number of fused-ring (bicyclic) bond motifs is 5. The van der Waals surface area contributed by atoms with E-state index in [1.165, 1.54) is 27.6 Å². The minimum absolute atomic E-state index is 0.299. The van der Waals surface area contributed by atoms with Crippen molar-refractivity contribution in [2.45, 2.75) is 12.8 Å². The summed E-state index contributed by atoms with van der Waals surface area (Å²) < 4.78 is 13.5. The third-order valence-corrected chi connectivity index (χ3v) is 5.05. The maximum absolute atomic E-state index is 6.18. The third-order valence-electron chi connectivity index (χ3n) is 4.18. The maximum Gasteiger partial charge on any atom is 0.231 e. The van der Waals surface area contributed by atoms with Crippen molar-refractivity contribution in [3.8, 4) is 11.5 Å². The van der Waals surface area contributed by atoms with Crippen molar-refractivity contribution in [3.63, 3.8) is 0 Å². The standard InChI is InChI=1S/C15H15ClNO2P/c1-8-4-11-13(9(5-16)6-17(11)20)14-10(8)2-3-12-15(14)19-7-18-12/h2-4,9H,5-7,20H2,1H3/t9-/m1/s1. The van der Waals surface area contributed by atoms with Crippen molar-refractivity contribution in [1.29, 1.82) is 0 Å². The van der Waals surface area contributed by atoms with Gasteiger partial charge in [0.15, 0.2) is 11.5 Å². The molecule has 104 valence electrons. The number of halogens is 1. The first-order chi connectivity index (χ1) is 9.70. The van der Waals surface area contributed by atoms with Crippen LogP contribution >= 0.6 is 21.0 Å². The normalized spacial score (nSPS) is 19.8. The van der Waals surface area contributed by atoms with Crippen LogP contribution in [0.1, 0.15) is 17.0 Å². The van der Waals surface area contributed by atoms with E-state index in [1.54, 1.807) is 0 Å². The highest BCUT2D eigenvalue weighted by molar-refractivity contribution is 7.19. The van der Waals surface area contributed by atoms with E-state index < -0.39 is 0 Å². The first-order valence-electron chi connectivity index (χ1n) is 6.64. The minimum atomic E-state index is 0.299. The van der Waals surface area contributed by atoms with Crippen molar-refractivity contribution in [2.24, 2.45) is 0 Å². The molecule has 5 heteroatoms. The summed E-state index contributed by atoms with van der Waals surface area (Å²) in [4.78, 5) is 0. The number of alkyl halides is 1. The van der Waals surface area contributed by atoms with Gasteiger partial charge in [0.05, 0.1) is 0 Å². The van der Waals surface area contributed by atoms with Gasteiger partial charge < -0.3 is 14.1 Å². The number of hydrogen-bond acceptors (Lipinski definition) is 3.